The fraction of sp³-hybridized carbons (Fsp3) is 0.233. The van der Waals surface area contributed by atoms with E-state index in [2.05, 4.69) is 192 Å². The van der Waals surface area contributed by atoms with Gasteiger partial charge in [0.1, 0.15) is 0 Å². The van der Waals surface area contributed by atoms with E-state index in [4.69, 9.17) is 9.97 Å². The highest BCUT2D eigenvalue weighted by Gasteiger charge is 2.40. The molecule has 0 radical (unpaired) electrons. The third-order valence-corrected chi connectivity index (χ3v) is 14.7. The Morgan fingerprint density at radius 2 is 1.31 bits per heavy atom. The van der Waals surface area contributed by atoms with Gasteiger partial charge in [-0.15, -0.1) is 0 Å². The molecule has 0 amide bonds. The number of para-hydroxylation sites is 1. The van der Waals surface area contributed by atoms with E-state index < -0.39 is 0 Å². The van der Waals surface area contributed by atoms with Crippen LogP contribution in [0, 0.1) is 11.8 Å². The van der Waals surface area contributed by atoms with Crippen molar-refractivity contribution >= 4 is 27.5 Å². The van der Waals surface area contributed by atoms with Crippen LogP contribution in [-0.4, -0.2) is 20.6 Å². The third kappa shape index (κ3) is 7.19. The molecule has 0 bridgehead atoms. The van der Waals surface area contributed by atoms with Gasteiger partial charge in [-0.3, -0.25) is 0 Å². The normalized spacial score (nSPS) is 23.0. The first-order valence-corrected chi connectivity index (χ1v) is 23.8. The van der Waals surface area contributed by atoms with E-state index in [1.54, 1.807) is 0 Å². The summed E-state index contributed by atoms with van der Waals surface area (Å²) in [5, 5.41) is 2.78. The number of allylic oxidation sites excluding steroid dienone is 10. The number of hydrogen-bond donors (Lipinski definition) is 0. The van der Waals surface area contributed by atoms with Crippen LogP contribution in [0.4, 0.5) is 5.69 Å². The molecule has 0 saturated carbocycles. The molecular weight excluding hydrogens is 777 g/mol. The highest BCUT2D eigenvalue weighted by Crippen LogP contribution is 2.48. The average molecular weight is 831 g/mol. The molecule has 4 aliphatic carbocycles. The lowest BCUT2D eigenvalue weighted by molar-refractivity contribution is 0.435. The maximum atomic E-state index is 5.15. The average Bonchev–Trinajstić information content (AvgIpc) is 3.93. The first kappa shape index (κ1) is 38.9. The molecule has 5 unspecified atom stereocenters. The van der Waals surface area contributed by atoms with E-state index in [1.807, 2.05) is 6.07 Å². The molecule has 1 saturated heterocycles. The molecule has 64 heavy (non-hydrogen) atoms. The molecule has 314 valence electrons. The minimum atomic E-state index is 0.355. The number of aromatic nitrogens is 3. The van der Waals surface area contributed by atoms with Gasteiger partial charge in [-0.1, -0.05) is 152 Å². The van der Waals surface area contributed by atoms with Crippen molar-refractivity contribution in [2.24, 2.45) is 11.8 Å². The van der Waals surface area contributed by atoms with Crippen LogP contribution in [0.1, 0.15) is 75.3 Å². The summed E-state index contributed by atoms with van der Waals surface area (Å²) in [7, 11) is 0. The second kappa shape index (κ2) is 16.7. The zero-order valence-electron chi connectivity index (χ0n) is 36.4. The molecule has 0 N–H and O–H groups in total. The number of rotatable bonds is 8. The summed E-state index contributed by atoms with van der Waals surface area (Å²) in [6, 6.07) is 49.5. The first-order chi connectivity index (χ1) is 31.7. The number of hydrogen-bond acceptors (Lipinski definition) is 3. The van der Waals surface area contributed by atoms with E-state index >= 15 is 0 Å². The smallest absolute Gasteiger partial charge is 0.160 e. The molecule has 7 aromatic rings. The Bertz CT molecular complexity index is 2990. The van der Waals surface area contributed by atoms with Crippen molar-refractivity contribution in [2.75, 3.05) is 4.90 Å². The van der Waals surface area contributed by atoms with E-state index in [0.717, 1.165) is 85.3 Å². The summed E-state index contributed by atoms with van der Waals surface area (Å²) >= 11 is 0. The van der Waals surface area contributed by atoms with Crippen LogP contribution < -0.4 is 4.90 Å². The SMILES string of the molecule is C1=CC(C2C=C3CC(C4C=CC(c5ccc6c(c5)c5ccccc5n6C5CC=CCC5)CC4)N(c4ccc(-c5cc(-c6ccccc6)nc(-c6ccccc6)n5)cc4)C3=CC2)=CCC1. The molecule has 5 aromatic carbocycles. The van der Waals surface area contributed by atoms with Crippen molar-refractivity contribution in [1.82, 2.24) is 14.5 Å². The Morgan fingerprint density at radius 1 is 0.547 bits per heavy atom. The molecule has 2 aromatic heterocycles. The maximum Gasteiger partial charge on any atom is 0.160 e. The standard InChI is InChI=1S/C60H54N4/c1-5-15-41(16-6-1)47-31-35-56-49(37-47)39-59(45-27-25-42(26-28-45)48-32-36-58-53(38-48)52-23-13-14-24-57(52)64(58)50-21-11-4-12-22-50)63(56)51-33-29-44(30-34-51)55-40-54(43-17-7-2-8-18-43)61-60(62-55)46-19-9-3-10-20-46/h2-5,7-11,13-20,23-25,27,29-30,32-38,40,42,45,47,50,59H,1,6,12,21-22,26,28,31,39H2. The first-order valence-electron chi connectivity index (χ1n) is 23.8. The second-order valence-corrected chi connectivity index (χ2v) is 18.5. The van der Waals surface area contributed by atoms with Gasteiger partial charge in [0, 0.05) is 73.8 Å². The van der Waals surface area contributed by atoms with Crippen molar-refractivity contribution in [3.8, 4) is 33.9 Å². The zero-order valence-corrected chi connectivity index (χ0v) is 36.4. The largest absolute Gasteiger partial charge is 0.337 e. The van der Waals surface area contributed by atoms with Gasteiger partial charge in [-0.25, -0.2) is 9.97 Å². The second-order valence-electron chi connectivity index (χ2n) is 18.5. The molecule has 1 fully saturated rings. The van der Waals surface area contributed by atoms with Crippen LogP contribution in [0.15, 0.2) is 205 Å². The number of fused-ring (bicyclic) bond motifs is 4. The molecule has 1 aliphatic heterocycles. The minimum absolute atomic E-state index is 0.355. The van der Waals surface area contributed by atoms with Gasteiger partial charge >= 0.3 is 0 Å². The maximum absolute atomic E-state index is 5.15. The van der Waals surface area contributed by atoms with Gasteiger partial charge in [0.2, 0.25) is 0 Å². The Kier molecular flexibility index (Phi) is 10.2. The van der Waals surface area contributed by atoms with E-state index in [0.29, 0.717) is 29.8 Å². The topological polar surface area (TPSA) is 34.0 Å². The fourth-order valence-corrected chi connectivity index (χ4v) is 11.5. The molecule has 3 heterocycles. The van der Waals surface area contributed by atoms with Crippen molar-refractivity contribution in [3.63, 3.8) is 0 Å². The van der Waals surface area contributed by atoms with Crippen LogP contribution in [0.3, 0.4) is 0 Å². The van der Waals surface area contributed by atoms with Gasteiger partial charge in [0.05, 0.1) is 11.4 Å². The van der Waals surface area contributed by atoms with Gasteiger partial charge in [-0.05, 0) is 117 Å². The van der Waals surface area contributed by atoms with Crippen LogP contribution in [0.2, 0.25) is 0 Å². The van der Waals surface area contributed by atoms with Gasteiger partial charge < -0.3 is 9.47 Å². The number of anilines is 1. The summed E-state index contributed by atoms with van der Waals surface area (Å²) in [6.45, 7) is 0. The van der Waals surface area contributed by atoms with Crippen LogP contribution in [0.5, 0.6) is 0 Å². The van der Waals surface area contributed by atoms with Crippen molar-refractivity contribution in [1.29, 1.82) is 0 Å². The van der Waals surface area contributed by atoms with Crippen molar-refractivity contribution in [2.45, 2.75) is 75.8 Å². The third-order valence-electron chi connectivity index (χ3n) is 14.7. The quantitative estimate of drug-likeness (QED) is 0.143. The lowest BCUT2D eigenvalue weighted by Gasteiger charge is -2.35. The Balaban J connectivity index is 0.867. The zero-order chi connectivity index (χ0) is 42.4. The fourth-order valence-electron chi connectivity index (χ4n) is 11.5. The lowest BCUT2D eigenvalue weighted by atomic mass is 9.80. The lowest BCUT2D eigenvalue weighted by Crippen LogP contribution is -2.35. The van der Waals surface area contributed by atoms with E-state index in [-0.39, 0.29) is 0 Å². The molecule has 5 aliphatic rings. The van der Waals surface area contributed by atoms with Crippen molar-refractivity contribution in [3.05, 3.63) is 211 Å². The van der Waals surface area contributed by atoms with Crippen molar-refractivity contribution < 1.29 is 0 Å². The van der Waals surface area contributed by atoms with E-state index in [1.165, 1.54) is 56.3 Å². The van der Waals surface area contributed by atoms with Gasteiger partial charge in [0.15, 0.2) is 5.82 Å². The summed E-state index contributed by atoms with van der Waals surface area (Å²) in [4.78, 5) is 12.9. The Morgan fingerprint density at radius 3 is 2.06 bits per heavy atom. The molecular formula is C60H54N4. The highest BCUT2D eigenvalue weighted by atomic mass is 15.2. The number of nitrogens with zero attached hydrogens (tertiary/aromatic N) is 4. The summed E-state index contributed by atoms with van der Waals surface area (Å²) in [5.74, 6) is 2.06. The summed E-state index contributed by atoms with van der Waals surface area (Å²) < 4.78 is 2.64. The van der Waals surface area contributed by atoms with Crippen LogP contribution >= 0.6 is 0 Å². The Hall–Kier alpha value is -6.78. The highest BCUT2D eigenvalue weighted by molar-refractivity contribution is 6.08. The van der Waals surface area contributed by atoms with Crippen LogP contribution in [-0.2, 0) is 0 Å². The van der Waals surface area contributed by atoms with E-state index in [9.17, 15) is 0 Å². The molecule has 5 atom stereocenters. The number of benzene rings is 5. The predicted octanol–water partition coefficient (Wildman–Crippen LogP) is 15.3. The summed E-state index contributed by atoms with van der Waals surface area (Å²) in [5.41, 5.74) is 14.9. The minimum Gasteiger partial charge on any atom is -0.337 e. The Labute approximate surface area is 377 Å². The summed E-state index contributed by atoms with van der Waals surface area (Å²) in [6.07, 6.45) is 32.4. The van der Waals surface area contributed by atoms with Crippen LogP contribution in [0.25, 0.3) is 55.7 Å². The monoisotopic (exact) mass is 830 g/mol. The molecule has 4 nitrogen and oxygen atoms in total. The van der Waals surface area contributed by atoms with Gasteiger partial charge in [-0.2, -0.15) is 0 Å². The predicted molar refractivity (Wildman–Crippen MR) is 266 cm³/mol. The molecule has 12 rings (SSSR count). The molecule has 0 spiro atoms. The molecule has 4 heteroatoms. The van der Waals surface area contributed by atoms with Gasteiger partial charge in [0.25, 0.3) is 0 Å².